The first-order valence-corrected chi connectivity index (χ1v) is 6.98. The molecule has 0 saturated heterocycles. The van der Waals surface area contributed by atoms with Crippen LogP contribution in [0.4, 0.5) is 0 Å². The number of benzene rings is 1. The van der Waals surface area contributed by atoms with Gasteiger partial charge in [0.1, 0.15) is 17.3 Å². The molecule has 2 rings (SSSR count). The Balaban J connectivity index is 2.15. The molecule has 1 amide bonds. The molecule has 0 bridgehead atoms. The standard InChI is InChI=1S/C16H17N5O/c1-3-15(12-7-5-4-6-8-12)18-16(22)13(10-17)9-14-11-21(2)20-19-14/h4-9,11,15H,3H2,1-2H3,(H,18,22)/b13-9-. The maximum Gasteiger partial charge on any atom is 0.262 e. The average molecular weight is 295 g/mol. The molecular weight excluding hydrogens is 278 g/mol. The highest BCUT2D eigenvalue weighted by Gasteiger charge is 2.16. The normalized spacial score (nSPS) is 12.5. The summed E-state index contributed by atoms with van der Waals surface area (Å²) in [6.45, 7) is 1.98. The summed E-state index contributed by atoms with van der Waals surface area (Å²) in [5.41, 5.74) is 1.49. The summed E-state index contributed by atoms with van der Waals surface area (Å²) in [6.07, 6.45) is 3.80. The molecule has 0 radical (unpaired) electrons. The van der Waals surface area contributed by atoms with Gasteiger partial charge in [-0.1, -0.05) is 42.5 Å². The van der Waals surface area contributed by atoms with Gasteiger partial charge in [-0.15, -0.1) is 5.10 Å². The Hall–Kier alpha value is -2.94. The van der Waals surface area contributed by atoms with E-state index >= 15 is 0 Å². The van der Waals surface area contributed by atoms with Crippen LogP contribution in [0.15, 0.2) is 42.1 Å². The summed E-state index contributed by atoms with van der Waals surface area (Å²) < 4.78 is 1.51. The minimum Gasteiger partial charge on any atom is -0.345 e. The van der Waals surface area contributed by atoms with E-state index in [0.717, 1.165) is 12.0 Å². The highest BCUT2D eigenvalue weighted by molar-refractivity contribution is 6.01. The number of rotatable bonds is 5. The molecule has 2 aromatic rings. The van der Waals surface area contributed by atoms with Crippen molar-refractivity contribution in [1.82, 2.24) is 20.3 Å². The van der Waals surface area contributed by atoms with Gasteiger partial charge in [0.25, 0.3) is 5.91 Å². The van der Waals surface area contributed by atoms with Crippen LogP contribution in [0.25, 0.3) is 6.08 Å². The third kappa shape index (κ3) is 3.79. The minimum atomic E-state index is -0.413. The Morgan fingerprint density at radius 1 is 1.45 bits per heavy atom. The van der Waals surface area contributed by atoms with E-state index in [0.29, 0.717) is 5.69 Å². The van der Waals surface area contributed by atoms with Crippen LogP contribution in [0.1, 0.15) is 30.6 Å². The van der Waals surface area contributed by atoms with Crippen LogP contribution in [0.2, 0.25) is 0 Å². The summed E-state index contributed by atoms with van der Waals surface area (Å²) in [4.78, 5) is 12.3. The molecule has 22 heavy (non-hydrogen) atoms. The summed E-state index contributed by atoms with van der Waals surface area (Å²) in [5, 5.41) is 19.7. The highest BCUT2D eigenvalue weighted by Crippen LogP contribution is 2.16. The van der Waals surface area contributed by atoms with Crippen LogP contribution in [0, 0.1) is 11.3 Å². The van der Waals surface area contributed by atoms with Gasteiger partial charge in [0.05, 0.1) is 12.2 Å². The first kappa shape index (κ1) is 15.4. The number of hydrogen-bond donors (Lipinski definition) is 1. The Kier molecular flexibility index (Phi) is 5.04. The molecule has 1 heterocycles. The number of aryl methyl sites for hydroxylation is 1. The van der Waals surface area contributed by atoms with E-state index in [4.69, 9.17) is 0 Å². The summed E-state index contributed by atoms with van der Waals surface area (Å²) in [7, 11) is 1.72. The maximum atomic E-state index is 12.3. The molecule has 0 aliphatic heterocycles. The van der Waals surface area contributed by atoms with Gasteiger partial charge >= 0.3 is 0 Å². The maximum absolute atomic E-state index is 12.3. The lowest BCUT2D eigenvalue weighted by molar-refractivity contribution is -0.117. The third-order valence-electron chi connectivity index (χ3n) is 3.19. The molecule has 112 valence electrons. The van der Waals surface area contributed by atoms with Gasteiger partial charge in [-0.05, 0) is 18.1 Å². The molecule has 1 atom stereocenters. The second-order valence-corrected chi connectivity index (χ2v) is 4.83. The molecule has 0 fully saturated rings. The number of nitrogens with zero attached hydrogens (tertiary/aromatic N) is 4. The zero-order valence-corrected chi connectivity index (χ0v) is 12.5. The molecule has 1 N–H and O–H groups in total. The van der Waals surface area contributed by atoms with Crippen molar-refractivity contribution in [3.8, 4) is 6.07 Å². The Morgan fingerprint density at radius 2 is 2.18 bits per heavy atom. The van der Waals surface area contributed by atoms with Gasteiger partial charge in [-0.2, -0.15) is 5.26 Å². The quantitative estimate of drug-likeness (QED) is 0.675. The second-order valence-electron chi connectivity index (χ2n) is 4.83. The van der Waals surface area contributed by atoms with E-state index in [9.17, 15) is 10.1 Å². The Morgan fingerprint density at radius 3 is 2.73 bits per heavy atom. The second kappa shape index (κ2) is 7.18. The number of carbonyl (C=O) groups is 1. The summed E-state index contributed by atoms with van der Waals surface area (Å²) in [5.74, 6) is -0.413. The molecule has 0 aliphatic carbocycles. The number of hydrogen-bond acceptors (Lipinski definition) is 4. The fourth-order valence-corrected chi connectivity index (χ4v) is 2.07. The van der Waals surface area contributed by atoms with Gasteiger partial charge in [0.2, 0.25) is 0 Å². The van der Waals surface area contributed by atoms with Gasteiger partial charge in [0.15, 0.2) is 0 Å². The molecule has 1 aromatic carbocycles. The lowest BCUT2D eigenvalue weighted by Gasteiger charge is -2.17. The van der Waals surface area contributed by atoms with Gasteiger partial charge in [0, 0.05) is 7.05 Å². The third-order valence-corrected chi connectivity index (χ3v) is 3.19. The first-order chi connectivity index (χ1) is 10.6. The fourth-order valence-electron chi connectivity index (χ4n) is 2.07. The van der Waals surface area contributed by atoms with Gasteiger partial charge < -0.3 is 5.32 Å². The molecule has 0 aliphatic rings. The molecule has 6 nitrogen and oxygen atoms in total. The number of amides is 1. The Bertz CT molecular complexity index is 712. The fraction of sp³-hybridized carbons (Fsp3) is 0.250. The van der Waals surface area contributed by atoms with Crippen molar-refractivity contribution >= 4 is 12.0 Å². The topological polar surface area (TPSA) is 83.6 Å². The van der Waals surface area contributed by atoms with Crippen LogP contribution in [0.3, 0.4) is 0 Å². The summed E-state index contributed by atoms with van der Waals surface area (Å²) in [6, 6.07) is 11.4. The molecule has 1 aromatic heterocycles. The average Bonchev–Trinajstić information content (AvgIpc) is 2.96. The predicted molar refractivity (Wildman–Crippen MR) is 82.2 cm³/mol. The predicted octanol–water partition coefficient (Wildman–Crippen LogP) is 1.99. The number of carbonyl (C=O) groups excluding carboxylic acids is 1. The zero-order valence-electron chi connectivity index (χ0n) is 12.5. The van der Waals surface area contributed by atoms with Gasteiger partial charge in [-0.25, -0.2) is 0 Å². The van der Waals surface area contributed by atoms with Crippen molar-refractivity contribution in [2.75, 3.05) is 0 Å². The van der Waals surface area contributed by atoms with E-state index < -0.39 is 5.91 Å². The molecule has 1 unspecified atom stereocenters. The summed E-state index contributed by atoms with van der Waals surface area (Å²) >= 11 is 0. The van der Waals surface area contributed by atoms with Gasteiger partial charge in [-0.3, -0.25) is 9.48 Å². The van der Waals surface area contributed by atoms with Crippen LogP contribution >= 0.6 is 0 Å². The lowest BCUT2D eigenvalue weighted by atomic mass is 10.0. The monoisotopic (exact) mass is 295 g/mol. The number of nitriles is 1. The van der Waals surface area contributed by atoms with E-state index in [-0.39, 0.29) is 11.6 Å². The van der Waals surface area contributed by atoms with E-state index in [1.807, 2.05) is 43.3 Å². The molecule has 0 saturated carbocycles. The lowest BCUT2D eigenvalue weighted by Crippen LogP contribution is -2.29. The van der Waals surface area contributed by atoms with Crippen LogP contribution in [-0.2, 0) is 11.8 Å². The van der Waals surface area contributed by atoms with E-state index in [1.165, 1.54) is 10.8 Å². The molecule has 0 spiro atoms. The van der Waals surface area contributed by atoms with Crippen LogP contribution in [0.5, 0.6) is 0 Å². The van der Waals surface area contributed by atoms with Crippen molar-refractivity contribution in [2.24, 2.45) is 7.05 Å². The zero-order chi connectivity index (χ0) is 15.9. The molecule has 6 heteroatoms. The first-order valence-electron chi connectivity index (χ1n) is 6.98. The Labute approximate surface area is 129 Å². The molecular formula is C16H17N5O. The highest BCUT2D eigenvalue weighted by atomic mass is 16.1. The van der Waals surface area contributed by atoms with E-state index in [1.54, 1.807) is 13.2 Å². The van der Waals surface area contributed by atoms with Crippen molar-refractivity contribution in [3.05, 3.63) is 53.4 Å². The number of nitrogens with one attached hydrogen (secondary N) is 1. The van der Waals surface area contributed by atoms with Crippen molar-refractivity contribution in [2.45, 2.75) is 19.4 Å². The SMILES string of the molecule is CCC(NC(=O)/C(C#N)=C\c1cn(C)nn1)c1ccccc1. The van der Waals surface area contributed by atoms with E-state index in [2.05, 4.69) is 15.6 Å². The van der Waals surface area contributed by atoms with Crippen LogP contribution in [-0.4, -0.2) is 20.9 Å². The van der Waals surface area contributed by atoms with Crippen molar-refractivity contribution in [1.29, 1.82) is 5.26 Å². The van der Waals surface area contributed by atoms with Crippen LogP contribution < -0.4 is 5.32 Å². The largest absolute Gasteiger partial charge is 0.345 e. The van der Waals surface area contributed by atoms with Crippen molar-refractivity contribution < 1.29 is 4.79 Å². The number of aromatic nitrogens is 3. The van der Waals surface area contributed by atoms with Crippen molar-refractivity contribution in [3.63, 3.8) is 0 Å². The minimum absolute atomic E-state index is 0.00915. The smallest absolute Gasteiger partial charge is 0.262 e.